The summed E-state index contributed by atoms with van der Waals surface area (Å²) in [5.41, 5.74) is 1.27. The van der Waals surface area contributed by atoms with Crippen molar-refractivity contribution in [1.29, 1.82) is 0 Å². The second-order valence-corrected chi connectivity index (χ2v) is 5.97. The number of halogens is 2. The van der Waals surface area contributed by atoms with E-state index in [4.69, 9.17) is 16.3 Å². The minimum Gasteiger partial charge on any atom is -0.381 e. The Labute approximate surface area is 122 Å². The summed E-state index contributed by atoms with van der Waals surface area (Å²) >= 11 is 9.63. The first-order chi connectivity index (χ1) is 8.72. The Bertz CT molecular complexity index is 393. The molecule has 0 bridgehead atoms. The van der Waals surface area contributed by atoms with Crippen LogP contribution in [0.2, 0.25) is 5.02 Å². The fourth-order valence-corrected chi connectivity index (χ4v) is 3.46. The summed E-state index contributed by atoms with van der Waals surface area (Å²) in [6.07, 6.45) is 2.37. The van der Waals surface area contributed by atoms with Crippen molar-refractivity contribution in [2.45, 2.75) is 25.8 Å². The Hall–Kier alpha value is -0.0900. The lowest BCUT2D eigenvalue weighted by Crippen LogP contribution is -2.33. The monoisotopic (exact) mass is 331 g/mol. The lowest BCUT2D eigenvalue weighted by atomic mass is 9.88. The average Bonchev–Trinajstić information content (AvgIpc) is 2.38. The molecule has 18 heavy (non-hydrogen) atoms. The second-order valence-electron chi connectivity index (χ2n) is 4.68. The van der Waals surface area contributed by atoms with Crippen molar-refractivity contribution in [3.05, 3.63) is 33.3 Å². The summed E-state index contributed by atoms with van der Waals surface area (Å²) < 4.78 is 6.69. The molecule has 1 aliphatic heterocycles. The van der Waals surface area contributed by atoms with E-state index in [1.165, 1.54) is 12.0 Å². The van der Waals surface area contributed by atoms with Gasteiger partial charge in [0.1, 0.15) is 0 Å². The summed E-state index contributed by atoms with van der Waals surface area (Å²) in [6.45, 7) is 4.83. The molecule has 1 saturated heterocycles. The van der Waals surface area contributed by atoms with Crippen LogP contribution in [0.5, 0.6) is 0 Å². The van der Waals surface area contributed by atoms with Crippen LogP contribution >= 0.6 is 27.5 Å². The maximum Gasteiger partial charge on any atom is 0.0512 e. The predicted molar refractivity (Wildman–Crippen MR) is 79.1 cm³/mol. The zero-order valence-corrected chi connectivity index (χ0v) is 12.9. The SMILES string of the molecule is CCNC(c1ccc(Cl)cc1Br)C1CCCOC1. The van der Waals surface area contributed by atoms with Gasteiger partial charge in [-0.15, -0.1) is 0 Å². The van der Waals surface area contributed by atoms with Crippen molar-refractivity contribution in [3.63, 3.8) is 0 Å². The zero-order valence-electron chi connectivity index (χ0n) is 10.6. The number of hydrogen-bond donors (Lipinski definition) is 1. The van der Waals surface area contributed by atoms with Gasteiger partial charge in [-0.1, -0.05) is 40.5 Å². The molecule has 1 fully saturated rings. The van der Waals surface area contributed by atoms with E-state index < -0.39 is 0 Å². The van der Waals surface area contributed by atoms with E-state index in [0.717, 1.165) is 35.7 Å². The lowest BCUT2D eigenvalue weighted by Gasteiger charge is -2.31. The highest BCUT2D eigenvalue weighted by Crippen LogP contribution is 2.34. The van der Waals surface area contributed by atoms with Gasteiger partial charge in [0.25, 0.3) is 0 Å². The van der Waals surface area contributed by atoms with Gasteiger partial charge in [0, 0.05) is 28.1 Å². The fourth-order valence-electron chi connectivity index (χ4n) is 2.53. The van der Waals surface area contributed by atoms with Crippen LogP contribution in [0.25, 0.3) is 0 Å². The van der Waals surface area contributed by atoms with Crippen LogP contribution in [0.15, 0.2) is 22.7 Å². The molecule has 0 aromatic heterocycles. The molecule has 4 heteroatoms. The molecular weight excluding hydrogens is 314 g/mol. The van der Waals surface area contributed by atoms with Gasteiger partial charge >= 0.3 is 0 Å². The standard InChI is InChI=1S/C14H19BrClNO/c1-2-17-14(10-4-3-7-18-9-10)12-6-5-11(16)8-13(12)15/h5-6,8,10,14,17H,2-4,7,9H2,1H3. The molecule has 1 aromatic carbocycles. The summed E-state index contributed by atoms with van der Waals surface area (Å²) in [5, 5.41) is 4.34. The van der Waals surface area contributed by atoms with Crippen molar-refractivity contribution in [2.75, 3.05) is 19.8 Å². The summed E-state index contributed by atoms with van der Waals surface area (Å²) in [5.74, 6) is 0.538. The Balaban J connectivity index is 2.22. The number of hydrogen-bond acceptors (Lipinski definition) is 2. The maximum atomic E-state index is 6.01. The summed E-state index contributed by atoms with van der Waals surface area (Å²) in [4.78, 5) is 0. The number of benzene rings is 1. The van der Waals surface area contributed by atoms with E-state index in [1.807, 2.05) is 12.1 Å². The highest BCUT2D eigenvalue weighted by Gasteiger charge is 2.26. The molecule has 1 aliphatic rings. The Morgan fingerprint density at radius 1 is 1.56 bits per heavy atom. The van der Waals surface area contributed by atoms with Crippen LogP contribution in [0, 0.1) is 5.92 Å². The number of nitrogens with one attached hydrogen (secondary N) is 1. The molecular formula is C14H19BrClNO. The molecule has 2 nitrogen and oxygen atoms in total. The quantitative estimate of drug-likeness (QED) is 0.893. The summed E-state index contributed by atoms with van der Waals surface area (Å²) in [7, 11) is 0. The number of ether oxygens (including phenoxy) is 1. The molecule has 0 spiro atoms. The zero-order chi connectivity index (χ0) is 13.0. The van der Waals surface area contributed by atoms with Crippen molar-refractivity contribution < 1.29 is 4.74 Å². The van der Waals surface area contributed by atoms with Crippen molar-refractivity contribution >= 4 is 27.5 Å². The third kappa shape index (κ3) is 3.47. The van der Waals surface area contributed by atoms with Gasteiger partial charge < -0.3 is 10.1 Å². The third-order valence-corrected chi connectivity index (χ3v) is 4.31. The van der Waals surface area contributed by atoms with Crippen LogP contribution in [-0.4, -0.2) is 19.8 Å². The Morgan fingerprint density at radius 2 is 2.39 bits per heavy atom. The van der Waals surface area contributed by atoms with Crippen LogP contribution in [0.3, 0.4) is 0 Å². The Kier molecular flexibility index (Phi) is 5.49. The topological polar surface area (TPSA) is 21.3 Å². The normalized spacial score (nSPS) is 21.8. The van der Waals surface area contributed by atoms with Gasteiger partial charge in [0.05, 0.1) is 6.61 Å². The van der Waals surface area contributed by atoms with E-state index in [-0.39, 0.29) is 0 Å². The van der Waals surface area contributed by atoms with E-state index in [0.29, 0.717) is 12.0 Å². The van der Waals surface area contributed by atoms with Gasteiger partial charge in [-0.3, -0.25) is 0 Å². The van der Waals surface area contributed by atoms with Gasteiger partial charge in [0.15, 0.2) is 0 Å². The Morgan fingerprint density at radius 3 is 3.00 bits per heavy atom. The van der Waals surface area contributed by atoms with Crippen LogP contribution in [0.1, 0.15) is 31.4 Å². The predicted octanol–water partition coefficient (Wildman–Crippen LogP) is 4.18. The van der Waals surface area contributed by atoms with Crippen molar-refractivity contribution in [1.82, 2.24) is 5.32 Å². The molecule has 2 atom stereocenters. The van der Waals surface area contributed by atoms with E-state index in [2.05, 4.69) is 34.2 Å². The molecule has 0 amide bonds. The highest BCUT2D eigenvalue weighted by atomic mass is 79.9. The largest absolute Gasteiger partial charge is 0.381 e. The van der Waals surface area contributed by atoms with E-state index in [9.17, 15) is 0 Å². The number of rotatable bonds is 4. The molecule has 0 saturated carbocycles. The molecule has 1 aromatic rings. The van der Waals surface area contributed by atoms with Gasteiger partial charge in [-0.05, 0) is 37.1 Å². The van der Waals surface area contributed by atoms with Crippen LogP contribution < -0.4 is 5.32 Å². The fraction of sp³-hybridized carbons (Fsp3) is 0.571. The molecule has 1 heterocycles. The molecule has 0 radical (unpaired) electrons. The van der Waals surface area contributed by atoms with Crippen molar-refractivity contribution in [3.8, 4) is 0 Å². The van der Waals surface area contributed by atoms with Crippen molar-refractivity contribution in [2.24, 2.45) is 5.92 Å². The minimum absolute atomic E-state index is 0.335. The molecule has 0 aliphatic carbocycles. The van der Waals surface area contributed by atoms with E-state index >= 15 is 0 Å². The van der Waals surface area contributed by atoms with E-state index in [1.54, 1.807) is 0 Å². The second kappa shape index (κ2) is 6.90. The minimum atomic E-state index is 0.335. The van der Waals surface area contributed by atoms with Crippen LogP contribution in [-0.2, 0) is 4.74 Å². The molecule has 1 N–H and O–H groups in total. The molecule has 2 unspecified atom stereocenters. The molecule has 2 rings (SSSR count). The first kappa shape index (κ1) is 14.3. The van der Waals surface area contributed by atoms with Crippen LogP contribution in [0.4, 0.5) is 0 Å². The van der Waals surface area contributed by atoms with Gasteiger partial charge in [-0.25, -0.2) is 0 Å². The molecule has 100 valence electrons. The first-order valence-electron chi connectivity index (χ1n) is 6.48. The smallest absolute Gasteiger partial charge is 0.0512 e. The maximum absolute atomic E-state index is 6.01. The lowest BCUT2D eigenvalue weighted by molar-refractivity contribution is 0.0392. The van der Waals surface area contributed by atoms with Gasteiger partial charge in [-0.2, -0.15) is 0 Å². The summed E-state index contributed by atoms with van der Waals surface area (Å²) in [6, 6.07) is 6.36. The first-order valence-corrected chi connectivity index (χ1v) is 7.65. The average molecular weight is 333 g/mol. The highest BCUT2D eigenvalue weighted by molar-refractivity contribution is 9.10. The van der Waals surface area contributed by atoms with Gasteiger partial charge in [0.2, 0.25) is 0 Å². The third-order valence-electron chi connectivity index (χ3n) is 3.39.